The van der Waals surface area contributed by atoms with Gasteiger partial charge in [-0.05, 0) is 70.4 Å². The highest BCUT2D eigenvalue weighted by Crippen LogP contribution is 2.31. The van der Waals surface area contributed by atoms with Gasteiger partial charge >= 0.3 is 6.09 Å². The molecule has 2 rings (SSSR count). The molecule has 30 heavy (non-hydrogen) atoms. The van der Waals surface area contributed by atoms with Crippen LogP contribution in [0.25, 0.3) is 0 Å². The number of amides is 1. The van der Waals surface area contributed by atoms with E-state index in [0.717, 1.165) is 32.4 Å². The van der Waals surface area contributed by atoms with Crippen molar-refractivity contribution in [2.75, 3.05) is 26.2 Å². The van der Waals surface area contributed by atoms with Crippen LogP contribution in [0.5, 0.6) is 0 Å². The molecule has 0 spiro atoms. The third-order valence-corrected chi connectivity index (χ3v) is 5.70. The highest BCUT2D eigenvalue weighted by molar-refractivity contribution is 5.85. The van der Waals surface area contributed by atoms with Gasteiger partial charge in [0.15, 0.2) is 0 Å². The van der Waals surface area contributed by atoms with Crippen LogP contribution in [0.3, 0.4) is 0 Å². The molecule has 0 aliphatic carbocycles. The number of halogens is 1. The molecule has 2 saturated heterocycles. The molecule has 2 fully saturated rings. The summed E-state index contributed by atoms with van der Waals surface area (Å²) in [7, 11) is 0. The third kappa shape index (κ3) is 11.7. The third-order valence-electron chi connectivity index (χ3n) is 5.70. The van der Waals surface area contributed by atoms with Crippen LogP contribution in [0.2, 0.25) is 0 Å². The highest BCUT2D eigenvalue weighted by atomic mass is 35.5. The van der Waals surface area contributed by atoms with Crippen molar-refractivity contribution in [1.29, 1.82) is 0 Å². The minimum Gasteiger partial charge on any atom is -0.444 e. The number of carbonyl (C=O) groups is 1. The van der Waals surface area contributed by atoms with Gasteiger partial charge in [-0.15, -0.1) is 12.4 Å². The first-order valence-electron chi connectivity index (χ1n) is 10.3. The Morgan fingerprint density at radius 1 is 0.933 bits per heavy atom. The Balaban J connectivity index is -0.000000488. The zero-order valence-electron chi connectivity index (χ0n) is 18.9. The molecule has 0 aromatic rings. The predicted molar refractivity (Wildman–Crippen MR) is 129 cm³/mol. The zero-order chi connectivity index (χ0) is 20.9. The Kier molecular flexibility index (Phi) is 15.6. The lowest BCUT2D eigenvalue weighted by molar-refractivity contribution is 0.0250. The Hall–Kier alpha value is -0.560. The van der Waals surface area contributed by atoms with Gasteiger partial charge in [-0.2, -0.15) is 0 Å². The first-order chi connectivity index (χ1) is 12.2. The quantitative estimate of drug-likeness (QED) is 0.487. The maximum absolute atomic E-state index is 11.9. The Bertz CT molecular complexity index is 478. The first-order valence-corrected chi connectivity index (χ1v) is 10.3. The summed E-state index contributed by atoms with van der Waals surface area (Å²) in [6.07, 6.45) is 2.64. The van der Waals surface area contributed by atoms with E-state index in [0.29, 0.717) is 19.5 Å². The highest BCUT2D eigenvalue weighted by Gasteiger charge is 2.34. The number of rotatable bonds is 0. The second kappa shape index (κ2) is 13.8. The lowest BCUT2D eigenvalue weighted by Crippen LogP contribution is -2.37. The van der Waals surface area contributed by atoms with Gasteiger partial charge in [-0.3, -0.25) is 0 Å². The SMILES string of the molecule is C.C.CC(C)(C)OC(=O)N1CCC(O)C(C)(C)CC1.CC1(C)CCNCCC1O.Cl. The maximum atomic E-state index is 11.9. The zero-order valence-corrected chi connectivity index (χ0v) is 19.7. The van der Waals surface area contributed by atoms with Gasteiger partial charge in [0.1, 0.15) is 5.60 Å². The van der Waals surface area contributed by atoms with E-state index in [2.05, 4.69) is 19.2 Å². The van der Waals surface area contributed by atoms with Gasteiger partial charge in [-0.25, -0.2) is 4.79 Å². The molecule has 7 heteroatoms. The molecular formula is C23H51ClN2O4. The van der Waals surface area contributed by atoms with Crippen LogP contribution in [0.4, 0.5) is 4.79 Å². The number of nitrogens with one attached hydrogen (secondary N) is 1. The van der Waals surface area contributed by atoms with Gasteiger partial charge in [0.2, 0.25) is 0 Å². The fraction of sp³-hybridized carbons (Fsp3) is 0.957. The monoisotopic (exact) mass is 454 g/mol. The topological polar surface area (TPSA) is 82.0 Å². The summed E-state index contributed by atoms with van der Waals surface area (Å²) in [6.45, 7) is 17.2. The minimum atomic E-state index is -0.461. The van der Waals surface area contributed by atoms with Gasteiger partial charge in [-0.1, -0.05) is 42.5 Å². The van der Waals surface area contributed by atoms with Gasteiger partial charge < -0.3 is 25.2 Å². The second-order valence-electron chi connectivity index (χ2n) is 10.3. The molecule has 0 radical (unpaired) electrons. The molecule has 184 valence electrons. The number of aliphatic hydroxyl groups is 2. The van der Waals surface area contributed by atoms with Gasteiger partial charge in [0.25, 0.3) is 0 Å². The first kappa shape index (κ1) is 34.1. The standard InChI is InChI=1S/C13H25NO3.C8H17NO.2CH4.ClH/c1-12(2,3)17-11(16)14-8-6-10(15)13(4,5)7-9-14;1-8(2)4-6-9-5-3-7(8)10;;;/h10,15H,6-9H2,1-5H3;7,9-10H,3-6H2,1-2H3;2*1H4;1H. The van der Waals surface area contributed by atoms with Crippen molar-refractivity contribution in [2.45, 2.75) is 107 Å². The summed E-state index contributed by atoms with van der Waals surface area (Å²) in [4.78, 5) is 13.6. The number of hydrogen-bond donors (Lipinski definition) is 3. The van der Waals surface area contributed by atoms with Gasteiger partial charge in [0.05, 0.1) is 12.2 Å². The van der Waals surface area contributed by atoms with E-state index in [9.17, 15) is 15.0 Å². The number of nitrogens with zero attached hydrogens (tertiary/aromatic N) is 1. The Morgan fingerprint density at radius 3 is 1.97 bits per heavy atom. The normalized spacial score (nSPS) is 25.4. The van der Waals surface area contributed by atoms with Gasteiger partial charge in [0, 0.05) is 13.1 Å². The molecule has 0 aromatic carbocycles. The summed E-state index contributed by atoms with van der Waals surface area (Å²) in [5.41, 5.74) is -0.474. The largest absolute Gasteiger partial charge is 0.444 e. The van der Waals surface area contributed by atoms with E-state index in [-0.39, 0.29) is 56.4 Å². The molecule has 2 aliphatic rings. The van der Waals surface area contributed by atoms with E-state index in [1.54, 1.807) is 4.90 Å². The van der Waals surface area contributed by atoms with Crippen LogP contribution in [0.1, 0.15) is 89.0 Å². The number of hydrogen-bond acceptors (Lipinski definition) is 5. The van der Waals surface area contributed by atoms with E-state index in [4.69, 9.17) is 4.74 Å². The van der Waals surface area contributed by atoms with Crippen molar-refractivity contribution < 1.29 is 19.7 Å². The van der Waals surface area contributed by atoms with Crippen molar-refractivity contribution in [3.8, 4) is 0 Å². The molecule has 2 aliphatic heterocycles. The van der Waals surface area contributed by atoms with E-state index in [1.807, 2.05) is 34.6 Å². The van der Waals surface area contributed by atoms with Crippen LogP contribution in [-0.4, -0.2) is 65.2 Å². The van der Waals surface area contributed by atoms with Crippen LogP contribution in [0, 0.1) is 10.8 Å². The number of carbonyl (C=O) groups excluding carboxylic acids is 1. The van der Waals surface area contributed by atoms with Crippen LogP contribution >= 0.6 is 12.4 Å². The molecule has 2 heterocycles. The fourth-order valence-electron chi connectivity index (χ4n) is 3.21. The summed E-state index contributed by atoms with van der Waals surface area (Å²) >= 11 is 0. The summed E-state index contributed by atoms with van der Waals surface area (Å²) in [5.74, 6) is 0. The molecule has 0 bridgehead atoms. The van der Waals surface area contributed by atoms with E-state index < -0.39 is 5.60 Å². The molecular weight excluding hydrogens is 404 g/mol. The fourth-order valence-corrected chi connectivity index (χ4v) is 3.21. The summed E-state index contributed by atoms with van der Waals surface area (Å²) in [6, 6.07) is 0. The predicted octanol–water partition coefficient (Wildman–Crippen LogP) is 4.86. The molecule has 0 saturated carbocycles. The lowest BCUT2D eigenvalue weighted by atomic mass is 9.83. The number of ether oxygens (including phenoxy) is 1. The molecule has 1 amide bonds. The smallest absolute Gasteiger partial charge is 0.410 e. The van der Waals surface area contributed by atoms with Crippen LogP contribution < -0.4 is 5.32 Å². The maximum Gasteiger partial charge on any atom is 0.410 e. The van der Waals surface area contributed by atoms with E-state index >= 15 is 0 Å². The van der Waals surface area contributed by atoms with Crippen molar-refractivity contribution in [2.24, 2.45) is 10.8 Å². The Morgan fingerprint density at radius 2 is 1.43 bits per heavy atom. The molecule has 2 unspecified atom stereocenters. The average molecular weight is 455 g/mol. The number of likely N-dealkylation sites (tertiary alicyclic amines) is 1. The average Bonchev–Trinajstić information content (AvgIpc) is 2.74. The van der Waals surface area contributed by atoms with E-state index in [1.165, 1.54) is 0 Å². The Labute approximate surface area is 192 Å². The molecule has 6 nitrogen and oxygen atoms in total. The molecule has 2 atom stereocenters. The van der Waals surface area contributed by atoms with Crippen molar-refractivity contribution in [3.63, 3.8) is 0 Å². The summed E-state index contributed by atoms with van der Waals surface area (Å²) < 4.78 is 5.34. The number of aliphatic hydroxyl groups excluding tert-OH is 2. The lowest BCUT2D eigenvalue weighted by Gasteiger charge is -2.28. The molecule has 3 N–H and O–H groups in total. The van der Waals surface area contributed by atoms with Crippen molar-refractivity contribution in [3.05, 3.63) is 0 Å². The minimum absolute atomic E-state index is 0. The van der Waals surface area contributed by atoms with Crippen molar-refractivity contribution >= 4 is 18.5 Å². The molecule has 0 aromatic heterocycles. The van der Waals surface area contributed by atoms with Crippen LogP contribution in [0.15, 0.2) is 0 Å². The van der Waals surface area contributed by atoms with Crippen molar-refractivity contribution in [1.82, 2.24) is 10.2 Å². The van der Waals surface area contributed by atoms with Crippen LogP contribution in [-0.2, 0) is 4.74 Å². The second-order valence-corrected chi connectivity index (χ2v) is 10.3. The summed E-state index contributed by atoms with van der Waals surface area (Å²) in [5, 5.41) is 22.8.